The van der Waals surface area contributed by atoms with Crippen LogP contribution in [0.5, 0.6) is 0 Å². The van der Waals surface area contributed by atoms with Crippen molar-refractivity contribution < 1.29 is 4.79 Å². The molecule has 1 amide bonds. The number of anilines is 1. The fraction of sp³-hybridized carbons (Fsp3) is 0.429. The van der Waals surface area contributed by atoms with Crippen LogP contribution in [0.1, 0.15) is 0 Å². The second kappa shape index (κ2) is 3.47. The van der Waals surface area contributed by atoms with Crippen molar-refractivity contribution in [2.75, 3.05) is 18.4 Å². The first kappa shape index (κ1) is 8.71. The molecule has 0 atom stereocenters. The standard InChI is InChI=1S/C7H9BrN4O/c8-5-3-10-12-6(5)11-7(13)4-1-9-2-4/h3-4,9H,1-2H2,(H2,10,11,12,13). The Bertz CT molecular complexity index is 320. The minimum absolute atomic E-state index is 0.0312. The predicted molar refractivity (Wildman–Crippen MR) is 51.3 cm³/mol. The fourth-order valence-electron chi connectivity index (χ4n) is 1.06. The van der Waals surface area contributed by atoms with E-state index < -0.39 is 0 Å². The van der Waals surface area contributed by atoms with E-state index >= 15 is 0 Å². The van der Waals surface area contributed by atoms with Gasteiger partial charge in [0.25, 0.3) is 0 Å². The van der Waals surface area contributed by atoms with E-state index in [0.717, 1.165) is 17.6 Å². The number of nitrogens with one attached hydrogen (secondary N) is 3. The van der Waals surface area contributed by atoms with Crippen molar-refractivity contribution in [2.24, 2.45) is 5.92 Å². The van der Waals surface area contributed by atoms with Crippen LogP contribution in [0.15, 0.2) is 10.7 Å². The van der Waals surface area contributed by atoms with Gasteiger partial charge >= 0.3 is 0 Å². The minimum Gasteiger partial charge on any atom is -0.315 e. The summed E-state index contributed by atoms with van der Waals surface area (Å²) in [5.74, 6) is 0.746. The van der Waals surface area contributed by atoms with Crippen LogP contribution >= 0.6 is 15.9 Å². The molecule has 3 N–H and O–H groups in total. The van der Waals surface area contributed by atoms with Gasteiger partial charge in [-0.1, -0.05) is 0 Å². The molecule has 1 aliphatic heterocycles. The Balaban J connectivity index is 1.97. The van der Waals surface area contributed by atoms with Gasteiger partial charge in [-0.25, -0.2) is 0 Å². The lowest BCUT2D eigenvalue weighted by molar-refractivity contribution is -0.121. The van der Waals surface area contributed by atoms with E-state index in [0.29, 0.717) is 5.82 Å². The third-order valence-corrected chi connectivity index (χ3v) is 2.59. The van der Waals surface area contributed by atoms with Gasteiger partial charge in [-0.2, -0.15) is 5.10 Å². The number of H-pyrrole nitrogens is 1. The van der Waals surface area contributed by atoms with Crippen molar-refractivity contribution in [3.63, 3.8) is 0 Å². The molecule has 6 heteroatoms. The van der Waals surface area contributed by atoms with E-state index in [4.69, 9.17) is 0 Å². The Labute approximate surface area is 83.4 Å². The van der Waals surface area contributed by atoms with Gasteiger partial charge in [0, 0.05) is 13.1 Å². The van der Waals surface area contributed by atoms with Crippen molar-refractivity contribution in [1.29, 1.82) is 0 Å². The van der Waals surface area contributed by atoms with Gasteiger partial charge in [-0.05, 0) is 15.9 Å². The highest BCUT2D eigenvalue weighted by molar-refractivity contribution is 9.10. The molecule has 0 bridgehead atoms. The van der Waals surface area contributed by atoms with Crippen molar-refractivity contribution in [2.45, 2.75) is 0 Å². The van der Waals surface area contributed by atoms with Gasteiger partial charge in [-0.15, -0.1) is 0 Å². The topological polar surface area (TPSA) is 69.8 Å². The molecule has 2 rings (SSSR count). The lowest BCUT2D eigenvalue weighted by Crippen LogP contribution is -2.48. The number of hydrogen-bond donors (Lipinski definition) is 3. The number of nitrogens with zero attached hydrogens (tertiary/aromatic N) is 1. The Morgan fingerprint density at radius 1 is 1.69 bits per heavy atom. The fourth-order valence-corrected chi connectivity index (χ4v) is 1.35. The molecule has 1 saturated heterocycles. The number of carbonyl (C=O) groups is 1. The maximum Gasteiger partial charge on any atom is 0.231 e. The molecule has 0 spiro atoms. The molecular weight excluding hydrogens is 236 g/mol. The van der Waals surface area contributed by atoms with Crippen LogP contribution < -0.4 is 10.6 Å². The molecule has 5 nitrogen and oxygen atoms in total. The smallest absolute Gasteiger partial charge is 0.231 e. The molecule has 0 aliphatic carbocycles. The highest BCUT2D eigenvalue weighted by Gasteiger charge is 2.25. The summed E-state index contributed by atoms with van der Waals surface area (Å²) in [6, 6.07) is 0. The summed E-state index contributed by atoms with van der Waals surface area (Å²) in [6.07, 6.45) is 1.61. The largest absolute Gasteiger partial charge is 0.315 e. The summed E-state index contributed by atoms with van der Waals surface area (Å²) in [6.45, 7) is 1.52. The zero-order valence-corrected chi connectivity index (χ0v) is 8.39. The first-order chi connectivity index (χ1) is 6.27. The Morgan fingerprint density at radius 3 is 2.92 bits per heavy atom. The second-order valence-corrected chi connectivity index (χ2v) is 3.79. The van der Waals surface area contributed by atoms with E-state index in [1.165, 1.54) is 0 Å². The monoisotopic (exact) mass is 244 g/mol. The maximum absolute atomic E-state index is 11.4. The van der Waals surface area contributed by atoms with Crippen LogP contribution in [0.2, 0.25) is 0 Å². The third kappa shape index (κ3) is 1.73. The van der Waals surface area contributed by atoms with Crippen molar-refractivity contribution in [3.05, 3.63) is 10.7 Å². The Morgan fingerprint density at radius 2 is 2.46 bits per heavy atom. The van der Waals surface area contributed by atoms with Crippen LogP contribution in [0.3, 0.4) is 0 Å². The van der Waals surface area contributed by atoms with Gasteiger partial charge in [0.2, 0.25) is 5.91 Å². The summed E-state index contributed by atoms with van der Waals surface area (Å²) in [5.41, 5.74) is 0. The lowest BCUT2D eigenvalue weighted by atomic mass is 10.0. The van der Waals surface area contributed by atoms with Crippen LogP contribution in [0.25, 0.3) is 0 Å². The highest BCUT2D eigenvalue weighted by atomic mass is 79.9. The normalized spacial score (nSPS) is 16.7. The van der Waals surface area contributed by atoms with Crippen LogP contribution in [0, 0.1) is 5.92 Å². The number of halogens is 1. The van der Waals surface area contributed by atoms with Crippen molar-refractivity contribution in [1.82, 2.24) is 15.5 Å². The average Bonchev–Trinajstić information content (AvgIpc) is 2.32. The number of hydrogen-bond acceptors (Lipinski definition) is 3. The summed E-state index contributed by atoms with van der Waals surface area (Å²) < 4.78 is 0.771. The van der Waals surface area contributed by atoms with Crippen molar-refractivity contribution >= 4 is 27.7 Å². The summed E-state index contributed by atoms with van der Waals surface area (Å²) in [5, 5.41) is 12.3. The quantitative estimate of drug-likeness (QED) is 0.703. The number of aromatic nitrogens is 2. The molecule has 1 aromatic heterocycles. The van der Waals surface area contributed by atoms with E-state index in [1.807, 2.05) is 0 Å². The summed E-state index contributed by atoms with van der Waals surface area (Å²) >= 11 is 3.26. The molecular formula is C7H9BrN4O. The van der Waals surface area contributed by atoms with Gasteiger partial charge < -0.3 is 10.6 Å². The summed E-state index contributed by atoms with van der Waals surface area (Å²) in [7, 11) is 0. The van der Waals surface area contributed by atoms with Crippen molar-refractivity contribution in [3.8, 4) is 0 Å². The number of amides is 1. The molecule has 70 valence electrons. The second-order valence-electron chi connectivity index (χ2n) is 2.94. The van der Waals surface area contributed by atoms with E-state index in [1.54, 1.807) is 6.20 Å². The molecule has 0 aromatic carbocycles. The zero-order valence-electron chi connectivity index (χ0n) is 6.80. The van der Waals surface area contributed by atoms with Crippen LogP contribution in [-0.2, 0) is 4.79 Å². The van der Waals surface area contributed by atoms with E-state index in [2.05, 4.69) is 36.8 Å². The molecule has 0 unspecified atom stereocenters. The molecule has 0 saturated carbocycles. The van der Waals surface area contributed by atoms with Gasteiger partial charge in [0.05, 0.1) is 16.6 Å². The first-order valence-corrected chi connectivity index (χ1v) is 4.77. The third-order valence-electron chi connectivity index (χ3n) is 1.99. The summed E-state index contributed by atoms with van der Waals surface area (Å²) in [4.78, 5) is 11.4. The molecule has 1 aliphatic rings. The van der Waals surface area contributed by atoms with Crippen LogP contribution in [0.4, 0.5) is 5.82 Å². The predicted octanol–water partition coefficient (Wildman–Crippen LogP) is 0.330. The highest BCUT2D eigenvalue weighted by Crippen LogP contribution is 2.18. The van der Waals surface area contributed by atoms with Gasteiger partial charge in [0.1, 0.15) is 5.82 Å². The van der Waals surface area contributed by atoms with Gasteiger partial charge in [0.15, 0.2) is 0 Å². The number of carbonyl (C=O) groups excluding carboxylic acids is 1. The van der Waals surface area contributed by atoms with E-state index in [9.17, 15) is 4.79 Å². The minimum atomic E-state index is 0.0312. The number of rotatable bonds is 2. The number of aromatic amines is 1. The zero-order chi connectivity index (χ0) is 9.26. The van der Waals surface area contributed by atoms with Gasteiger partial charge in [-0.3, -0.25) is 9.89 Å². The van der Waals surface area contributed by atoms with E-state index in [-0.39, 0.29) is 11.8 Å². The lowest BCUT2D eigenvalue weighted by Gasteiger charge is -2.25. The average molecular weight is 245 g/mol. The maximum atomic E-state index is 11.4. The molecule has 0 radical (unpaired) electrons. The van der Waals surface area contributed by atoms with Crippen LogP contribution in [-0.4, -0.2) is 29.2 Å². The molecule has 2 heterocycles. The Hall–Kier alpha value is -0.880. The molecule has 1 aromatic rings. The Kier molecular flexibility index (Phi) is 2.32. The first-order valence-electron chi connectivity index (χ1n) is 3.98. The molecule has 13 heavy (non-hydrogen) atoms. The molecule has 1 fully saturated rings. The SMILES string of the molecule is O=C(Nc1[nH]ncc1Br)C1CNC1.